The van der Waals surface area contributed by atoms with E-state index in [9.17, 15) is 4.79 Å². The molecule has 0 N–H and O–H groups in total. The molecule has 1 rings (SSSR count). The number of anilines is 1. The van der Waals surface area contributed by atoms with Gasteiger partial charge in [-0.3, -0.25) is 4.90 Å². The summed E-state index contributed by atoms with van der Waals surface area (Å²) in [5.74, 6) is 2.38. The van der Waals surface area contributed by atoms with E-state index in [1.54, 1.807) is 24.3 Å². The summed E-state index contributed by atoms with van der Waals surface area (Å²) in [4.78, 5) is 12.9. The van der Waals surface area contributed by atoms with Gasteiger partial charge in [-0.05, 0) is 18.2 Å². The lowest BCUT2D eigenvalue weighted by Crippen LogP contribution is -2.30. The molecule has 0 radical (unpaired) electrons. The molecule has 0 aromatic heterocycles. The molecule has 0 saturated carbocycles. The quantitative estimate of drug-likeness (QED) is 0.363. The number of halogens is 2. The van der Waals surface area contributed by atoms with Crippen molar-refractivity contribution in [1.82, 2.24) is 0 Å². The standard InChI is InChI=1S/C12H11Cl2NO2/c1-2-3-7-17-12(16)15(9-13)11-6-4-5-10(14)8-11/h1,4-6,8H,3,7,9H2. The topological polar surface area (TPSA) is 29.5 Å². The van der Waals surface area contributed by atoms with Gasteiger partial charge >= 0.3 is 6.09 Å². The lowest BCUT2D eigenvalue weighted by Gasteiger charge is -2.19. The van der Waals surface area contributed by atoms with Crippen molar-refractivity contribution in [3.8, 4) is 12.3 Å². The molecule has 0 fully saturated rings. The van der Waals surface area contributed by atoms with Gasteiger partial charge in [0.05, 0.1) is 0 Å². The number of hydrogen-bond donors (Lipinski definition) is 0. The first kappa shape index (κ1) is 13.7. The summed E-state index contributed by atoms with van der Waals surface area (Å²) in [6.45, 7) is 0.170. The number of amides is 1. The predicted molar refractivity (Wildman–Crippen MR) is 69.4 cm³/mol. The van der Waals surface area contributed by atoms with E-state index in [1.165, 1.54) is 4.90 Å². The van der Waals surface area contributed by atoms with Crippen molar-refractivity contribution in [1.29, 1.82) is 0 Å². The van der Waals surface area contributed by atoms with Crippen molar-refractivity contribution in [2.24, 2.45) is 0 Å². The monoisotopic (exact) mass is 271 g/mol. The normalized spacial score (nSPS) is 9.47. The zero-order valence-corrected chi connectivity index (χ0v) is 10.5. The van der Waals surface area contributed by atoms with Crippen molar-refractivity contribution < 1.29 is 9.53 Å². The van der Waals surface area contributed by atoms with E-state index in [1.807, 2.05) is 0 Å². The van der Waals surface area contributed by atoms with Crippen LogP contribution in [0.1, 0.15) is 6.42 Å². The molecule has 0 aliphatic rings. The number of nitrogens with zero attached hydrogens (tertiary/aromatic N) is 1. The molecule has 17 heavy (non-hydrogen) atoms. The minimum atomic E-state index is -0.544. The number of carbonyl (C=O) groups excluding carboxylic acids is 1. The Morgan fingerprint density at radius 1 is 1.53 bits per heavy atom. The number of benzene rings is 1. The molecule has 1 amide bonds. The van der Waals surface area contributed by atoms with E-state index in [0.29, 0.717) is 17.1 Å². The SMILES string of the molecule is C#CCCOC(=O)N(CCl)c1cccc(Cl)c1. The van der Waals surface area contributed by atoms with Crippen LogP contribution in [0.3, 0.4) is 0 Å². The molecule has 0 spiro atoms. The summed E-state index contributed by atoms with van der Waals surface area (Å²) < 4.78 is 4.95. The fourth-order valence-electron chi connectivity index (χ4n) is 1.14. The maximum absolute atomic E-state index is 11.7. The van der Waals surface area contributed by atoms with E-state index in [4.69, 9.17) is 34.4 Å². The van der Waals surface area contributed by atoms with Gasteiger partial charge in [-0.15, -0.1) is 23.9 Å². The van der Waals surface area contributed by atoms with Gasteiger partial charge in [0.25, 0.3) is 0 Å². The molecule has 0 aliphatic heterocycles. The van der Waals surface area contributed by atoms with Gasteiger partial charge in [0.2, 0.25) is 0 Å². The van der Waals surface area contributed by atoms with Crippen molar-refractivity contribution >= 4 is 35.0 Å². The molecule has 0 saturated heterocycles. The smallest absolute Gasteiger partial charge is 0.415 e. The molecule has 0 aliphatic carbocycles. The van der Waals surface area contributed by atoms with Crippen LogP contribution in [0.4, 0.5) is 10.5 Å². The molecule has 1 aromatic rings. The third-order valence-corrected chi connectivity index (χ3v) is 2.41. The highest BCUT2D eigenvalue weighted by Crippen LogP contribution is 2.20. The van der Waals surface area contributed by atoms with Gasteiger partial charge in [0.1, 0.15) is 12.6 Å². The van der Waals surface area contributed by atoms with Crippen LogP contribution in [-0.4, -0.2) is 18.7 Å². The largest absolute Gasteiger partial charge is 0.448 e. The zero-order valence-electron chi connectivity index (χ0n) is 9.03. The van der Waals surface area contributed by atoms with Gasteiger partial charge in [0, 0.05) is 17.1 Å². The van der Waals surface area contributed by atoms with Crippen molar-refractivity contribution in [3.63, 3.8) is 0 Å². The number of ether oxygens (including phenoxy) is 1. The second-order valence-corrected chi connectivity index (χ2v) is 3.77. The highest BCUT2D eigenvalue weighted by atomic mass is 35.5. The number of carbonyl (C=O) groups is 1. The first-order valence-electron chi connectivity index (χ1n) is 4.88. The van der Waals surface area contributed by atoms with E-state index in [-0.39, 0.29) is 12.6 Å². The zero-order chi connectivity index (χ0) is 12.7. The number of hydrogen-bond acceptors (Lipinski definition) is 2. The summed E-state index contributed by atoms with van der Waals surface area (Å²) in [5, 5.41) is 0.522. The summed E-state index contributed by atoms with van der Waals surface area (Å²) in [6.07, 6.45) is 4.88. The van der Waals surface area contributed by atoms with Crippen LogP contribution >= 0.6 is 23.2 Å². The summed E-state index contributed by atoms with van der Waals surface area (Å²) in [6, 6.07) is 6.77. The van der Waals surface area contributed by atoms with Gasteiger partial charge in [-0.2, -0.15) is 0 Å². The van der Waals surface area contributed by atoms with Crippen molar-refractivity contribution in [2.75, 3.05) is 17.5 Å². The molecule has 5 heteroatoms. The molecule has 0 atom stereocenters. The first-order chi connectivity index (χ1) is 8.19. The molecule has 0 heterocycles. The lowest BCUT2D eigenvalue weighted by molar-refractivity contribution is 0.157. The van der Waals surface area contributed by atoms with Crippen LogP contribution < -0.4 is 4.90 Å². The van der Waals surface area contributed by atoms with Crippen molar-refractivity contribution in [3.05, 3.63) is 29.3 Å². The van der Waals surface area contributed by atoms with Crippen LogP contribution in [0.5, 0.6) is 0 Å². The molecule has 0 unspecified atom stereocenters. The summed E-state index contributed by atoms with van der Waals surface area (Å²) in [7, 11) is 0. The Kier molecular flexibility index (Phi) is 5.68. The Bertz CT molecular complexity index is 429. The van der Waals surface area contributed by atoms with Gasteiger partial charge in [-0.25, -0.2) is 4.79 Å². The molecule has 3 nitrogen and oxygen atoms in total. The second-order valence-electron chi connectivity index (χ2n) is 3.10. The fraction of sp³-hybridized carbons (Fsp3) is 0.250. The van der Waals surface area contributed by atoms with E-state index < -0.39 is 6.09 Å². The van der Waals surface area contributed by atoms with E-state index >= 15 is 0 Å². The third kappa shape index (κ3) is 4.18. The van der Waals surface area contributed by atoms with Crippen LogP contribution in [-0.2, 0) is 4.74 Å². The minimum Gasteiger partial charge on any atom is -0.448 e. The number of rotatable bonds is 4. The Morgan fingerprint density at radius 2 is 2.29 bits per heavy atom. The van der Waals surface area contributed by atoms with Gasteiger partial charge in [-0.1, -0.05) is 17.7 Å². The number of alkyl halides is 1. The molecular weight excluding hydrogens is 261 g/mol. The Balaban J connectivity index is 2.71. The summed E-state index contributed by atoms with van der Waals surface area (Å²) >= 11 is 11.5. The van der Waals surface area contributed by atoms with Gasteiger partial charge in [0.15, 0.2) is 0 Å². The van der Waals surface area contributed by atoms with Crippen LogP contribution in [0.15, 0.2) is 24.3 Å². The highest BCUT2D eigenvalue weighted by Gasteiger charge is 2.15. The average Bonchev–Trinajstić information content (AvgIpc) is 2.30. The number of terminal acetylenes is 1. The Morgan fingerprint density at radius 3 is 2.88 bits per heavy atom. The maximum Gasteiger partial charge on any atom is 0.415 e. The van der Waals surface area contributed by atoms with Gasteiger partial charge < -0.3 is 4.74 Å². The maximum atomic E-state index is 11.7. The third-order valence-electron chi connectivity index (χ3n) is 1.93. The molecule has 90 valence electrons. The van der Waals surface area contributed by atoms with Crippen LogP contribution in [0.25, 0.3) is 0 Å². The average molecular weight is 272 g/mol. The minimum absolute atomic E-state index is 0.0186. The molecule has 1 aromatic carbocycles. The predicted octanol–water partition coefficient (Wildman–Crippen LogP) is 3.50. The highest BCUT2D eigenvalue weighted by molar-refractivity contribution is 6.31. The molecular formula is C12H11Cl2NO2. The molecule has 0 bridgehead atoms. The summed E-state index contributed by atoms with van der Waals surface area (Å²) in [5.41, 5.74) is 0.582. The van der Waals surface area contributed by atoms with Crippen molar-refractivity contribution in [2.45, 2.75) is 6.42 Å². The second kappa shape index (κ2) is 7.05. The van der Waals surface area contributed by atoms with Crippen LogP contribution in [0.2, 0.25) is 5.02 Å². The first-order valence-corrected chi connectivity index (χ1v) is 5.79. The van der Waals surface area contributed by atoms with E-state index in [0.717, 1.165) is 0 Å². The Labute approximate surface area is 110 Å². The lowest BCUT2D eigenvalue weighted by atomic mass is 10.3. The Hall–Kier alpha value is -1.37. The van der Waals surface area contributed by atoms with E-state index in [2.05, 4.69) is 5.92 Å². The van der Waals surface area contributed by atoms with Crippen LogP contribution in [0, 0.1) is 12.3 Å². The fourth-order valence-corrected chi connectivity index (χ4v) is 1.56.